The molecule has 0 aromatic rings. The molecule has 2 aliphatic heterocycles. The fraction of sp³-hybridized carbons (Fsp3) is 0.917. The quantitative estimate of drug-likeness (QED) is 0.578. The first kappa shape index (κ1) is 8.75. The van der Waals surface area contributed by atoms with Crippen LogP contribution in [0.25, 0.3) is 0 Å². The number of amides is 1. The van der Waals surface area contributed by atoms with Gasteiger partial charge in [0.05, 0.1) is 0 Å². The molecule has 2 unspecified atom stereocenters. The monoisotopic (exact) mass is 193 g/mol. The third kappa shape index (κ3) is 1.12. The Hall–Kier alpha value is -0.530. The number of rotatable bonds is 0. The van der Waals surface area contributed by atoms with Crippen molar-refractivity contribution in [2.24, 2.45) is 5.92 Å². The van der Waals surface area contributed by atoms with Crippen LogP contribution >= 0.6 is 0 Å². The zero-order valence-corrected chi connectivity index (χ0v) is 8.80. The minimum absolute atomic E-state index is 0.330. The highest BCUT2D eigenvalue weighted by molar-refractivity contribution is 5.79. The van der Waals surface area contributed by atoms with E-state index >= 15 is 0 Å². The number of nitrogens with zero attached hydrogens (tertiary/aromatic N) is 1. The van der Waals surface area contributed by atoms with E-state index in [9.17, 15) is 4.79 Å². The zero-order chi connectivity index (χ0) is 9.60. The lowest BCUT2D eigenvalue weighted by Crippen LogP contribution is -2.50. The van der Waals surface area contributed by atoms with Crippen molar-refractivity contribution in [2.45, 2.75) is 56.9 Å². The van der Waals surface area contributed by atoms with Crippen LogP contribution in [0.1, 0.15) is 51.4 Å². The molecule has 0 aromatic carbocycles. The van der Waals surface area contributed by atoms with Gasteiger partial charge in [-0.25, -0.2) is 0 Å². The number of hydrogen-bond acceptors (Lipinski definition) is 1. The molecule has 0 radical (unpaired) electrons. The molecule has 1 amide bonds. The van der Waals surface area contributed by atoms with E-state index in [2.05, 4.69) is 4.90 Å². The van der Waals surface area contributed by atoms with Gasteiger partial charge >= 0.3 is 0 Å². The van der Waals surface area contributed by atoms with Crippen LogP contribution in [0.2, 0.25) is 0 Å². The Morgan fingerprint density at radius 1 is 1.21 bits per heavy atom. The van der Waals surface area contributed by atoms with E-state index < -0.39 is 0 Å². The van der Waals surface area contributed by atoms with Crippen molar-refractivity contribution in [1.82, 2.24) is 4.90 Å². The minimum Gasteiger partial charge on any atom is -0.337 e. The minimum atomic E-state index is 0.330. The summed E-state index contributed by atoms with van der Waals surface area (Å²) in [7, 11) is 0. The third-order valence-electron chi connectivity index (χ3n) is 4.61. The second-order valence-electron chi connectivity index (χ2n) is 5.37. The molecule has 14 heavy (non-hydrogen) atoms. The average molecular weight is 193 g/mol. The second-order valence-corrected chi connectivity index (χ2v) is 5.37. The van der Waals surface area contributed by atoms with Crippen LogP contribution in [0.4, 0.5) is 0 Å². The predicted molar refractivity (Wildman–Crippen MR) is 54.9 cm³/mol. The highest BCUT2D eigenvalue weighted by atomic mass is 16.2. The fourth-order valence-corrected chi connectivity index (χ4v) is 3.89. The highest BCUT2D eigenvalue weighted by Crippen LogP contribution is 2.47. The fourth-order valence-electron chi connectivity index (χ4n) is 3.89. The van der Waals surface area contributed by atoms with Gasteiger partial charge in [0.25, 0.3) is 0 Å². The van der Waals surface area contributed by atoms with Gasteiger partial charge in [-0.2, -0.15) is 0 Å². The number of piperidine rings is 1. The summed E-state index contributed by atoms with van der Waals surface area (Å²) in [6, 6.07) is 0. The van der Waals surface area contributed by atoms with Gasteiger partial charge in [0, 0.05) is 18.5 Å². The number of carbonyl (C=O) groups is 1. The molecule has 3 aliphatic rings. The summed E-state index contributed by atoms with van der Waals surface area (Å²) in [5.41, 5.74) is 0.330. The first-order chi connectivity index (χ1) is 6.80. The van der Waals surface area contributed by atoms with E-state index in [0.29, 0.717) is 11.4 Å². The van der Waals surface area contributed by atoms with Gasteiger partial charge in [-0.3, -0.25) is 4.79 Å². The van der Waals surface area contributed by atoms with E-state index in [1.54, 1.807) is 0 Å². The van der Waals surface area contributed by atoms with Gasteiger partial charge in [0.15, 0.2) is 0 Å². The Bertz CT molecular complexity index is 263. The molecular weight excluding hydrogens is 174 g/mol. The molecule has 1 spiro atoms. The Balaban J connectivity index is 1.92. The molecule has 0 aromatic heterocycles. The summed E-state index contributed by atoms with van der Waals surface area (Å²) >= 11 is 0. The molecule has 78 valence electrons. The molecule has 2 heterocycles. The second kappa shape index (κ2) is 2.98. The molecule has 1 aliphatic carbocycles. The van der Waals surface area contributed by atoms with Gasteiger partial charge < -0.3 is 4.90 Å². The number of hydrogen-bond donors (Lipinski definition) is 0. The topological polar surface area (TPSA) is 20.3 Å². The Morgan fingerprint density at radius 2 is 2.14 bits per heavy atom. The molecule has 1 saturated carbocycles. The van der Waals surface area contributed by atoms with Crippen LogP contribution in [-0.4, -0.2) is 22.9 Å². The summed E-state index contributed by atoms with van der Waals surface area (Å²) in [5, 5.41) is 0. The summed E-state index contributed by atoms with van der Waals surface area (Å²) in [6.07, 6.45) is 10.0. The molecule has 2 bridgehead atoms. The molecule has 2 heteroatoms. The van der Waals surface area contributed by atoms with Gasteiger partial charge in [0.1, 0.15) is 0 Å². The van der Waals surface area contributed by atoms with Gasteiger partial charge in [-0.15, -0.1) is 0 Å². The van der Waals surface area contributed by atoms with Crippen molar-refractivity contribution in [3.8, 4) is 0 Å². The van der Waals surface area contributed by atoms with Crippen LogP contribution in [0.15, 0.2) is 0 Å². The summed E-state index contributed by atoms with van der Waals surface area (Å²) in [5.74, 6) is 1.37. The van der Waals surface area contributed by atoms with Crippen molar-refractivity contribution in [1.29, 1.82) is 0 Å². The van der Waals surface area contributed by atoms with E-state index in [1.807, 2.05) is 0 Å². The molecule has 2 saturated heterocycles. The zero-order valence-electron chi connectivity index (χ0n) is 8.80. The first-order valence-electron chi connectivity index (χ1n) is 6.11. The van der Waals surface area contributed by atoms with Crippen LogP contribution in [0.5, 0.6) is 0 Å². The highest BCUT2D eigenvalue weighted by Gasteiger charge is 2.48. The van der Waals surface area contributed by atoms with E-state index in [1.165, 1.54) is 38.5 Å². The van der Waals surface area contributed by atoms with Crippen molar-refractivity contribution in [2.75, 3.05) is 6.54 Å². The lowest BCUT2D eigenvalue weighted by atomic mass is 9.79. The average Bonchev–Trinajstić information content (AvgIpc) is 2.41. The molecule has 3 rings (SSSR count). The smallest absolute Gasteiger partial charge is 0.223 e. The van der Waals surface area contributed by atoms with Crippen LogP contribution in [-0.2, 0) is 4.79 Å². The van der Waals surface area contributed by atoms with E-state index in [-0.39, 0.29) is 0 Å². The Kier molecular flexibility index (Phi) is 1.86. The Morgan fingerprint density at radius 3 is 3.07 bits per heavy atom. The standard InChI is InChI=1S/C12H19NO/c14-11-4-7-12-6-2-1-3-10(9-12)5-8-13(11)12/h10H,1-9H2. The predicted octanol–water partition coefficient (Wildman–Crippen LogP) is 2.33. The molecular formula is C12H19NO. The molecule has 2 nitrogen and oxygen atoms in total. The van der Waals surface area contributed by atoms with E-state index in [4.69, 9.17) is 0 Å². The third-order valence-corrected chi connectivity index (χ3v) is 4.61. The largest absolute Gasteiger partial charge is 0.337 e. The Labute approximate surface area is 85.7 Å². The van der Waals surface area contributed by atoms with Crippen molar-refractivity contribution in [3.05, 3.63) is 0 Å². The van der Waals surface area contributed by atoms with Gasteiger partial charge in [0.2, 0.25) is 5.91 Å². The van der Waals surface area contributed by atoms with E-state index in [0.717, 1.165) is 25.3 Å². The maximum absolute atomic E-state index is 11.7. The summed E-state index contributed by atoms with van der Waals surface area (Å²) in [4.78, 5) is 14.0. The molecule has 2 atom stereocenters. The van der Waals surface area contributed by atoms with Crippen molar-refractivity contribution in [3.63, 3.8) is 0 Å². The van der Waals surface area contributed by atoms with Crippen LogP contribution in [0, 0.1) is 5.92 Å². The lowest BCUT2D eigenvalue weighted by molar-refractivity contribution is -0.133. The first-order valence-corrected chi connectivity index (χ1v) is 6.11. The summed E-state index contributed by atoms with van der Waals surface area (Å²) < 4.78 is 0. The molecule has 0 N–H and O–H groups in total. The van der Waals surface area contributed by atoms with Crippen molar-refractivity contribution >= 4 is 5.91 Å². The number of fused-ring (bicyclic) bond motifs is 1. The molecule has 3 fully saturated rings. The van der Waals surface area contributed by atoms with Gasteiger partial charge in [-0.05, 0) is 31.6 Å². The van der Waals surface area contributed by atoms with Crippen molar-refractivity contribution < 1.29 is 4.79 Å². The maximum atomic E-state index is 11.7. The van der Waals surface area contributed by atoms with Crippen LogP contribution in [0.3, 0.4) is 0 Å². The normalized spacial score (nSPS) is 42.1. The SMILES string of the molecule is O=C1CCC23CCCCC(CCN12)C3. The lowest BCUT2D eigenvalue weighted by Gasteiger charge is -2.44. The maximum Gasteiger partial charge on any atom is 0.223 e. The number of carbonyl (C=O) groups excluding carboxylic acids is 1. The van der Waals surface area contributed by atoms with Crippen LogP contribution < -0.4 is 0 Å². The van der Waals surface area contributed by atoms with Gasteiger partial charge in [-0.1, -0.05) is 19.3 Å². The summed E-state index contributed by atoms with van der Waals surface area (Å²) in [6.45, 7) is 1.06.